The Morgan fingerprint density at radius 1 is 1.38 bits per heavy atom. The summed E-state index contributed by atoms with van der Waals surface area (Å²) in [5.41, 5.74) is 6.99. The van der Waals surface area contributed by atoms with Crippen LogP contribution in [0.3, 0.4) is 0 Å². The van der Waals surface area contributed by atoms with Gasteiger partial charge in [-0.1, -0.05) is 13.0 Å². The number of aryl methyl sites for hydroxylation is 1. The summed E-state index contributed by atoms with van der Waals surface area (Å²) < 4.78 is 0. The van der Waals surface area contributed by atoms with Gasteiger partial charge in [-0.15, -0.1) is 0 Å². The minimum absolute atomic E-state index is 0.0868. The SMILES string of the molecule is CCc1cc(C(=O)Nc2cccc([N+](=O)[O-])c2)cc(N)n1. The van der Waals surface area contributed by atoms with Crippen LogP contribution in [0.1, 0.15) is 23.0 Å². The number of hydrogen-bond acceptors (Lipinski definition) is 5. The van der Waals surface area contributed by atoms with E-state index in [0.717, 1.165) is 0 Å². The van der Waals surface area contributed by atoms with Gasteiger partial charge in [0.2, 0.25) is 0 Å². The zero-order valence-corrected chi connectivity index (χ0v) is 11.4. The summed E-state index contributed by atoms with van der Waals surface area (Å²) in [4.78, 5) is 26.4. The number of non-ortho nitro benzene ring substituents is 1. The molecular weight excluding hydrogens is 272 g/mol. The first-order valence-electron chi connectivity index (χ1n) is 6.32. The first kappa shape index (κ1) is 14.4. The van der Waals surface area contributed by atoms with Crippen LogP contribution in [-0.4, -0.2) is 15.8 Å². The molecular formula is C14H14N4O3. The minimum Gasteiger partial charge on any atom is -0.384 e. The highest BCUT2D eigenvalue weighted by Crippen LogP contribution is 2.18. The number of nitrogens with zero attached hydrogens (tertiary/aromatic N) is 2. The molecule has 2 rings (SSSR count). The lowest BCUT2D eigenvalue weighted by Gasteiger charge is -2.07. The summed E-state index contributed by atoms with van der Waals surface area (Å²) >= 11 is 0. The standard InChI is InChI=1S/C14H14N4O3/c1-2-10-6-9(7-13(15)16-10)14(19)17-11-4-3-5-12(8-11)18(20)21/h3-8H,2H2,1H3,(H2,15,16)(H,17,19). The van der Waals surface area contributed by atoms with Crippen molar-refractivity contribution < 1.29 is 9.72 Å². The molecule has 0 aliphatic rings. The fraction of sp³-hybridized carbons (Fsp3) is 0.143. The Hall–Kier alpha value is -2.96. The average molecular weight is 286 g/mol. The number of benzene rings is 1. The lowest BCUT2D eigenvalue weighted by molar-refractivity contribution is -0.384. The van der Waals surface area contributed by atoms with Crippen molar-refractivity contribution in [1.82, 2.24) is 4.98 Å². The molecule has 2 aromatic rings. The van der Waals surface area contributed by atoms with Crippen molar-refractivity contribution in [2.75, 3.05) is 11.1 Å². The van der Waals surface area contributed by atoms with E-state index in [1.165, 1.54) is 24.3 Å². The molecule has 0 spiro atoms. The van der Waals surface area contributed by atoms with Crippen LogP contribution in [-0.2, 0) is 6.42 Å². The number of nitrogens with two attached hydrogens (primary N) is 1. The van der Waals surface area contributed by atoms with E-state index in [1.807, 2.05) is 6.92 Å². The van der Waals surface area contributed by atoms with Gasteiger partial charge in [0.25, 0.3) is 11.6 Å². The van der Waals surface area contributed by atoms with Gasteiger partial charge < -0.3 is 11.1 Å². The Morgan fingerprint density at radius 3 is 2.81 bits per heavy atom. The quantitative estimate of drug-likeness (QED) is 0.662. The Bertz CT molecular complexity index is 700. The van der Waals surface area contributed by atoms with Gasteiger partial charge in [0.15, 0.2) is 0 Å². The molecule has 108 valence electrons. The number of aromatic nitrogens is 1. The van der Waals surface area contributed by atoms with E-state index in [1.54, 1.807) is 12.1 Å². The second-order valence-electron chi connectivity index (χ2n) is 4.39. The zero-order valence-electron chi connectivity index (χ0n) is 11.4. The molecule has 1 heterocycles. The van der Waals surface area contributed by atoms with Crippen molar-refractivity contribution in [3.63, 3.8) is 0 Å². The maximum Gasteiger partial charge on any atom is 0.271 e. The predicted molar refractivity (Wildman–Crippen MR) is 79.1 cm³/mol. The summed E-state index contributed by atoms with van der Waals surface area (Å²) in [7, 11) is 0. The van der Waals surface area contributed by atoms with Gasteiger partial charge in [0.1, 0.15) is 5.82 Å². The molecule has 3 N–H and O–H groups in total. The van der Waals surface area contributed by atoms with Crippen molar-refractivity contribution >= 4 is 23.1 Å². The van der Waals surface area contributed by atoms with E-state index >= 15 is 0 Å². The van der Waals surface area contributed by atoms with E-state index in [9.17, 15) is 14.9 Å². The van der Waals surface area contributed by atoms with E-state index in [4.69, 9.17) is 5.73 Å². The van der Waals surface area contributed by atoms with E-state index in [2.05, 4.69) is 10.3 Å². The van der Waals surface area contributed by atoms with Gasteiger partial charge in [0.05, 0.1) is 4.92 Å². The van der Waals surface area contributed by atoms with Crippen LogP contribution >= 0.6 is 0 Å². The third kappa shape index (κ3) is 3.53. The largest absolute Gasteiger partial charge is 0.384 e. The highest BCUT2D eigenvalue weighted by atomic mass is 16.6. The van der Waals surface area contributed by atoms with E-state index < -0.39 is 4.92 Å². The van der Waals surface area contributed by atoms with Crippen LogP contribution in [0, 0.1) is 10.1 Å². The summed E-state index contributed by atoms with van der Waals surface area (Å²) in [6, 6.07) is 8.84. The number of nitro groups is 1. The number of anilines is 2. The maximum absolute atomic E-state index is 12.2. The van der Waals surface area contributed by atoms with Crippen molar-refractivity contribution in [3.8, 4) is 0 Å². The van der Waals surface area contributed by atoms with Gasteiger partial charge >= 0.3 is 0 Å². The van der Waals surface area contributed by atoms with Crippen LogP contribution in [0.15, 0.2) is 36.4 Å². The summed E-state index contributed by atoms with van der Waals surface area (Å²) in [5, 5.41) is 13.3. The number of hydrogen-bond donors (Lipinski definition) is 2. The molecule has 0 fully saturated rings. The lowest BCUT2D eigenvalue weighted by atomic mass is 10.1. The van der Waals surface area contributed by atoms with E-state index in [0.29, 0.717) is 23.4 Å². The predicted octanol–water partition coefficient (Wildman–Crippen LogP) is 2.39. The summed E-state index contributed by atoms with van der Waals surface area (Å²) in [6.07, 6.45) is 0.655. The van der Waals surface area contributed by atoms with Gasteiger partial charge in [-0.25, -0.2) is 4.98 Å². The number of amides is 1. The van der Waals surface area contributed by atoms with Gasteiger partial charge in [0, 0.05) is 29.1 Å². The maximum atomic E-state index is 12.2. The average Bonchev–Trinajstić information content (AvgIpc) is 2.46. The normalized spacial score (nSPS) is 10.1. The molecule has 1 aromatic heterocycles. The third-order valence-electron chi connectivity index (χ3n) is 2.84. The van der Waals surface area contributed by atoms with Crippen LogP contribution in [0.2, 0.25) is 0 Å². The highest BCUT2D eigenvalue weighted by Gasteiger charge is 2.11. The Labute approximate surface area is 121 Å². The number of carbonyl (C=O) groups excluding carboxylic acids is 1. The van der Waals surface area contributed by atoms with Crippen molar-refractivity contribution in [1.29, 1.82) is 0 Å². The van der Waals surface area contributed by atoms with Gasteiger partial charge in [-0.05, 0) is 24.6 Å². The van der Waals surface area contributed by atoms with Crippen molar-refractivity contribution in [2.24, 2.45) is 0 Å². The zero-order chi connectivity index (χ0) is 15.4. The number of carbonyl (C=O) groups is 1. The minimum atomic E-state index is -0.519. The molecule has 0 unspecified atom stereocenters. The monoisotopic (exact) mass is 286 g/mol. The summed E-state index contributed by atoms with van der Waals surface area (Å²) in [6.45, 7) is 1.91. The van der Waals surface area contributed by atoms with Gasteiger partial charge in [-0.3, -0.25) is 14.9 Å². The highest BCUT2D eigenvalue weighted by molar-refractivity contribution is 6.04. The first-order valence-corrected chi connectivity index (χ1v) is 6.32. The van der Waals surface area contributed by atoms with Gasteiger partial charge in [-0.2, -0.15) is 0 Å². The Morgan fingerprint density at radius 2 is 2.14 bits per heavy atom. The molecule has 0 aliphatic carbocycles. The fourth-order valence-electron chi connectivity index (χ4n) is 1.82. The van der Waals surface area contributed by atoms with E-state index in [-0.39, 0.29) is 17.4 Å². The molecule has 0 saturated heterocycles. The molecule has 1 aromatic carbocycles. The molecule has 0 saturated carbocycles. The number of pyridine rings is 1. The van der Waals surface area contributed by atoms with Crippen LogP contribution < -0.4 is 11.1 Å². The molecule has 1 amide bonds. The number of nitro benzene ring substituents is 1. The molecule has 0 bridgehead atoms. The Balaban J connectivity index is 2.23. The smallest absolute Gasteiger partial charge is 0.271 e. The van der Waals surface area contributed by atoms with Crippen LogP contribution in [0.5, 0.6) is 0 Å². The first-order chi connectivity index (χ1) is 9.99. The third-order valence-corrected chi connectivity index (χ3v) is 2.84. The molecule has 7 heteroatoms. The van der Waals surface area contributed by atoms with Crippen LogP contribution in [0.4, 0.5) is 17.2 Å². The molecule has 7 nitrogen and oxygen atoms in total. The topological polar surface area (TPSA) is 111 Å². The summed E-state index contributed by atoms with van der Waals surface area (Å²) in [5.74, 6) is -0.127. The lowest BCUT2D eigenvalue weighted by Crippen LogP contribution is -2.13. The molecule has 0 radical (unpaired) electrons. The number of nitrogens with one attached hydrogen (secondary N) is 1. The molecule has 0 atom stereocenters. The van der Waals surface area contributed by atoms with Crippen molar-refractivity contribution in [2.45, 2.75) is 13.3 Å². The fourth-order valence-corrected chi connectivity index (χ4v) is 1.82. The Kier molecular flexibility index (Phi) is 4.13. The second kappa shape index (κ2) is 6.00. The molecule has 21 heavy (non-hydrogen) atoms. The number of rotatable bonds is 4. The van der Waals surface area contributed by atoms with Crippen LogP contribution in [0.25, 0.3) is 0 Å². The second-order valence-corrected chi connectivity index (χ2v) is 4.39. The molecule has 0 aliphatic heterocycles. The number of nitrogen functional groups attached to an aromatic ring is 1. The van der Waals surface area contributed by atoms with Crippen molar-refractivity contribution in [3.05, 3.63) is 57.8 Å².